The highest BCUT2D eigenvalue weighted by Gasteiger charge is 2.19. The van der Waals surface area contributed by atoms with Crippen LogP contribution in [0.1, 0.15) is 45.3 Å². The Morgan fingerprint density at radius 1 is 1.10 bits per heavy atom. The second-order valence-corrected chi connectivity index (χ2v) is 7.97. The number of hydrogen-bond acceptors (Lipinski definition) is 3. The van der Waals surface area contributed by atoms with Crippen LogP contribution in [0.15, 0.2) is 54.6 Å². The molecule has 4 nitrogen and oxygen atoms in total. The van der Waals surface area contributed by atoms with E-state index in [-0.39, 0.29) is 30.5 Å². The minimum atomic E-state index is -0.890. The maximum absolute atomic E-state index is 13.5. The largest absolute Gasteiger partial charge is 0.393 e. The third kappa shape index (κ3) is 4.86. The summed E-state index contributed by atoms with van der Waals surface area (Å²) in [5.74, 6) is -0.407. The van der Waals surface area contributed by atoms with Gasteiger partial charge in [-0.3, -0.25) is 4.79 Å². The van der Waals surface area contributed by atoms with Crippen LogP contribution in [-0.2, 0) is 4.79 Å². The number of fused-ring (bicyclic) bond motifs is 1. The summed E-state index contributed by atoms with van der Waals surface area (Å²) in [6, 6.07) is 14.6. The van der Waals surface area contributed by atoms with Crippen molar-refractivity contribution in [1.82, 2.24) is 4.57 Å². The van der Waals surface area contributed by atoms with Gasteiger partial charge in [-0.2, -0.15) is 0 Å². The van der Waals surface area contributed by atoms with Gasteiger partial charge in [-0.1, -0.05) is 36.4 Å². The molecule has 0 aliphatic heterocycles. The van der Waals surface area contributed by atoms with E-state index in [1.807, 2.05) is 30.3 Å². The van der Waals surface area contributed by atoms with Gasteiger partial charge in [0.15, 0.2) is 0 Å². The highest BCUT2D eigenvalue weighted by Crippen LogP contribution is 2.38. The first-order valence-corrected chi connectivity index (χ1v) is 10.2. The molecule has 0 amide bonds. The molecule has 0 saturated carbocycles. The lowest BCUT2D eigenvalue weighted by molar-refractivity contribution is -0.119. The van der Waals surface area contributed by atoms with Crippen molar-refractivity contribution in [3.05, 3.63) is 66.1 Å². The molecule has 2 N–H and O–H groups in total. The van der Waals surface area contributed by atoms with E-state index in [0.29, 0.717) is 0 Å². The zero-order valence-electron chi connectivity index (χ0n) is 17.5. The molecule has 3 aromatic rings. The van der Waals surface area contributed by atoms with Gasteiger partial charge in [0.05, 0.1) is 12.2 Å². The van der Waals surface area contributed by atoms with Crippen LogP contribution in [0.25, 0.3) is 28.1 Å². The molecule has 0 spiro atoms. The minimum absolute atomic E-state index is 0.0258. The quantitative estimate of drug-likeness (QED) is 0.542. The third-order valence-electron chi connectivity index (χ3n) is 5.11. The van der Waals surface area contributed by atoms with Crippen LogP contribution >= 0.6 is 0 Å². The van der Waals surface area contributed by atoms with Crippen molar-refractivity contribution in [3.63, 3.8) is 0 Å². The van der Waals surface area contributed by atoms with Crippen molar-refractivity contribution in [2.75, 3.05) is 0 Å². The average Bonchev–Trinajstić information content (AvgIpc) is 3.00. The first-order chi connectivity index (χ1) is 14.3. The molecule has 3 rings (SSSR count). The van der Waals surface area contributed by atoms with Crippen LogP contribution in [0.5, 0.6) is 0 Å². The lowest BCUT2D eigenvalue weighted by Crippen LogP contribution is -2.18. The molecule has 2 aromatic carbocycles. The van der Waals surface area contributed by atoms with Crippen molar-refractivity contribution < 1.29 is 19.4 Å². The molecule has 5 heteroatoms. The van der Waals surface area contributed by atoms with Gasteiger partial charge in [-0.15, -0.1) is 0 Å². The van der Waals surface area contributed by atoms with E-state index in [1.165, 1.54) is 19.1 Å². The zero-order valence-corrected chi connectivity index (χ0v) is 17.5. The molecule has 0 aliphatic rings. The van der Waals surface area contributed by atoms with Gasteiger partial charge in [0.1, 0.15) is 11.6 Å². The predicted molar refractivity (Wildman–Crippen MR) is 119 cm³/mol. The van der Waals surface area contributed by atoms with Crippen molar-refractivity contribution in [3.8, 4) is 11.1 Å². The summed E-state index contributed by atoms with van der Waals surface area (Å²) in [6.07, 6.45) is 1.84. The summed E-state index contributed by atoms with van der Waals surface area (Å²) in [4.78, 5) is 11.2. The van der Waals surface area contributed by atoms with Gasteiger partial charge in [0.2, 0.25) is 0 Å². The Labute approximate surface area is 176 Å². The summed E-state index contributed by atoms with van der Waals surface area (Å²) < 4.78 is 15.7. The fraction of sp³-hybridized carbons (Fsp3) is 0.320. The van der Waals surface area contributed by atoms with Crippen molar-refractivity contribution in [2.24, 2.45) is 0 Å². The maximum Gasteiger partial charge on any atom is 0.132 e. The lowest BCUT2D eigenvalue weighted by atomic mass is 10.0. The first kappa shape index (κ1) is 21.9. The van der Waals surface area contributed by atoms with E-state index in [2.05, 4.69) is 18.4 Å². The number of carbonyl (C=O) groups excluding carboxylic acids is 1. The van der Waals surface area contributed by atoms with Crippen molar-refractivity contribution in [1.29, 1.82) is 0 Å². The fourth-order valence-corrected chi connectivity index (χ4v) is 3.90. The highest BCUT2D eigenvalue weighted by molar-refractivity contribution is 6.01. The first-order valence-electron chi connectivity index (χ1n) is 10.2. The Kier molecular flexibility index (Phi) is 6.85. The van der Waals surface area contributed by atoms with Gasteiger partial charge >= 0.3 is 0 Å². The lowest BCUT2D eigenvalue weighted by Gasteiger charge is -2.15. The molecule has 0 unspecified atom stereocenters. The summed E-state index contributed by atoms with van der Waals surface area (Å²) in [6.45, 7) is 5.60. The molecule has 158 valence electrons. The number of aliphatic hydroxyl groups is 2. The van der Waals surface area contributed by atoms with Crippen LogP contribution in [-0.4, -0.2) is 32.8 Å². The molecule has 1 heterocycles. The number of halogens is 1. The number of nitrogens with zero attached hydrogens (tertiary/aromatic N) is 1. The number of Topliss-reactive ketones (excluding diaryl/α,β-unsaturated/α-hetero) is 1. The van der Waals surface area contributed by atoms with Crippen LogP contribution < -0.4 is 0 Å². The highest BCUT2D eigenvalue weighted by atomic mass is 19.1. The van der Waals surface area contributed by atoms with Crippen molar-refractivity contribution in [2.45, 2.75) is 51.9 Å². The third-order valence-corrected chi connectivity index (χ3v) is 5.11. The minimum Gasteiger partial charge on any atom is -0.393 e. The number of hydrogen-bond donors (Lipinski definition) is 2. The summed E-state index contributed by atoms with van der Waals surface area (Å²) in [5, 5.41) is 21.4. The van der Waals surface area contributed by atoms with Gasteiger partial charge in [-0.25, -0.2) is 4.39 Å². The molecule has 0 saturated heterocycles. The normalized spacial score (nSPS) is 14.0. The summed E-state index contributed by atoms with van der Waals surface area (Å²) >= 11 is 0. The Morgan fingerprint density at radius 3 is 2.40 bits per heavy atom. The van der Waals surface area contributed by atoms with Gasteiger partial charge in [0.25, 0.3) is 0 Å². The standard InChI is InChI=1S/C25H28FNO3/c1-16(2)27-23-7-5-4-6-22(23)25(18-8-10-19(26)11-9-18)24(27)13-12-20(29)15-21(30)14-17(3)28/h4-13,16,20-21,29-30H,14-15H2,1-3H3/b13-12+/t20-,21+/m1/s1. The van der Waals surface area contributed by atoms with Gasteiger partial charge in [-0.05, 0) is 50.6 Å². The Hall–Kier alpha value is -2.76. The fourth-order valence-electron chi connectivity index (χ4n) is 3.90. The monoisotopic (exact) mass is 409 g/mol. The number of ketones is 1. The smallest absolute Gasteiger partial charge is 0.132 e. The number of aliphatic hydroxyl groups excluding tert-OH is 2. The number of carbonyl (C=O) groups is 1. The van der Waals surface area contributed by atoms with Crippen LogP contribution in [0, 0.1) is 5.82 Å². The summed E-state index contributed by atoms with van der Waals surface area (Å²) in [5.41, 5.74) is 3.81. The summed E-state index contributed by atoms with van der Waals surface area (Å²) in [7, 11) is 0. The molecule has 0 bridgehead atoms. The molecule has 0 fully saturated rings. The number of aromatic nitrogens is 1. The van der Waals surface area contributed by atoms with E-state index in [0.717, 1.165) is 27.7 Å². The molecule has 0 radical (unpaired) electrons. The van der Waals surface area contributed by atoms with Crippen LogP contribution in [0.3, 0.4) is 0 Å². The molecule has 2 atom stereocenters. The van der Waals surface area contributed by atoms with E-state index in [1.54, 1.807) is 18.2 Å². The van der Waals surface area contributed by atoms with E-state index < -0.39 is 12.2 Å². The van der Waals surface area contributed by atoms with Crippen LogP contribution in [0.4, 0.5) is 4.39 Å². The molecule has 0 aliphatic carbocycles. The average molecular weight is 410 g/mol. The van der Waals surface area contributed by atoms with Gasteiger partial charge < -0.3 is 14.8 Å². The predicted octanol–water partition coefficient (Wildman–Crippen LogP) is 5.13. The van der Waals surface area contributed by atoms with E-state index >= 15 is 0 Å². The van der Waals surface area contributed by atoms with E-state index in [9.17, 15) is 19.4 Å². The van der Waals surface area contributed by atoms with Crippen molar-refractivity contribution >= 4 is 22.8 Å². The van der Waals surface area contributed by atoms with Gasteiger partial charge in [0, 0.05) is 41.0 Å². The number of para-hydroxylation sites is 1. The van der Waals surface area contributed by atoms with E-state index in [4.69, 9.17) is 0 Å². The second kappa shape index (κ2) is 9.37. The SMILES string of the molecule is CC(=O)C[C@H](O)C[C@H](O)/C=C/c1c(-c2ccc(F)cc2)c2ccccc2n1C(C)C. The Morgan fingerprint density at radius 2 is 1.77 bits per heavy atom. The van der Waals surface area contributed by atoms with Crippen LogP contribution in [0.2, 0.25) is 0 Å². The zero-order chi connectivity index (χ0) is 21.8. The molecular weight excluding hydrogens is 381 g/mol. The second-order valence-electron chi connectivity index (χ2n) is 7.97. The maximum atomic E-state index is 13.5. The number of rotatable bonds is 8. The molecule has 30 heavy (non-hydrogen) atoms. The number of benzene rings is 2. The topological polar surface area (TPSA) is 62.5 Å². The Bertz CT molecular complexity index is 1050. The Balaban J connectivity index is 2.08. The molecular formula is C25H28FNO3. The molecule has 1 aromatic heterocycles.